The Morgan fingerprint density at radius 1 is 1.04 bits per heavy atom. The Hall–Kier alpha value is -2.58. The van der Waals surface area contributed by atoms with Gasteiger partial charge in [0.2, 0.25) is 15.9 Å². The monoisotopic (exact) mass is 406 g/mol. The molecule has 0 aliphatic carbocycles. The van der Waals surface area contributed by atoms with Crippen LogP contribution < -0.4 is 4.72 Å². The van der Waals surface area contributed by atoms with Crippen LogP contribution in [0.2, 0.25) is 0 Å². The number of halogens is 2. The standard InChI is InChI=1S/C20H20F2N2O3S/c21-16-5-7-19(8-6-16)28(26,27)23-18-10-12-24(13-11-18)20(25)9-4-15-2-1-3-17(22)14-15/h1-9,14,18,23H,10-13H2/b9-4+. The summed E-state index contributed by atoms with van der Waals surface area (Å²) in [5.41, 5.74) is 0.593. The van der Waals surface area contributed by atoms with Crippen molar-refractivity contribution in [2.45, 2.75) is 23.8 Å². The second kappa shape index (κ2) is 8.62. The molecule has 0 radical (unpaired) electrons. The van der Waals surface area contributed by atoms with Gasteiger partial charge >= 0.3 is 0 Å². The SMILES string of the molecule is O=C(/C=C/c1cccc(F)c1)N1CCC(NS(=O)(=O)c2ccc(F)cc2)CC1. The fraction of sp³-hybridized carbons (Fsp3) is 0.250. The lowest BCUT2D eigenvalue weighted by Crippen LogP contribution is -2.46. The maximum atomic E-state index is 13.2. The largest absolute Gasteiger partial charge is 0.339 e. The summed E-state index contributed by atoms with van der Waals surface area (Å²) in [5.74, 6) is -1.08. The van der Waals surface area contributed by atoms with E-state index in [1.54, 1.807) is 23.1 Å². The molecule has 1 N–H and O–H groups in total. The number of carbonyl (C=O) groups is 1. The van der Waals surface area contributed by atoms with E-state index in [0.29, 0.717) is 31.5 Å². The number of nitrogens with one attached hydrogen (secondary N) is 1. The van der Waals surface area contributed by atoms with E-state index >= 15 is 0 Å². The second-order valence-corrected chi connectivity index (χ2v) is 8.28. The maximum Gasteiger partial charge on any atom is 0.246 e. The van der Waals surface area contributed by atoms with Gasteiger partial charge in [-0.1, -0.05) is 12.1 Å². The third kappa shape index (κ3) is 5.24. The highest BCUT2D eigenvalue weighted by Gasteiger charge is 2.26. The van der Waals surface area contributed by atoms with Crippen LogP contribution in [0.1, 0.15) is 18.4 Å². The predicted octanol–water partition coefficient (Wildman–Crippen LogP) is 2.95. The molecule has 8 heteroatoms. The Morgan fingerprint density at radius 3 is 2.36 bits per heavy atom. The molecular weight excluding hydrogens is 386 g/mol. The predicted molar refractivity (Wildman–Crippen MR) is 102 cm³/mol. The first-order valence-electron chi connectivity index (χ1n) is 8.84. The van der Waals surface area contributed by atoms with E-state index in [4.69, 9.17) is 0 Å². The zero-order chi connectivity index (χ0) is 20.1. The first kappa shape index (κ1) is 20.2. The normalized spacial score (nSPS) is 15.9. The summed E-state index contributed by atoms with van der Waals surface area (Å²) in [7, 11) is -3.73. The van der Waals surface area contributed by atoms with Gasteiger partial charge in [-0.05, 0) is 60.9 Å². The topological polar surface area (TPSA) is 66.5 Å². The lowest BCUT2D eigenvalue weighted by molar-refractivity contribution is -0.126. The van der Waals surface area contributed by atoms with Crippen LogP contribution in [0.4, 0.5) is 8.78 Å². The summed E-state index contributed by atoms with van der Waals surface area (Å²) >= 11 is 0. The van der Waals surface area contributed by atoms with Crippen LogP contribution in [0, 0.1) is 11.6 Å². The molecule has 148 valence electrons. The van der Waals surface area contributed by atoms with Crippen molar-refractivity contribution in [1.82, 2.24) is 9.62 Å². The number of likely N-dealkylation sites (tertiary alicyclic amines) is 1. The minimum absolute atomic E-state index is 0.00503. The zero-order valence-electron chi connectivity index (χ0n) is 15.0. The molecule has 0 bridgehead atoms. The van der Waals surface area contributed by atoms with Crippen LogP contribution in [-0.4, -0.2) is 38.4 Å². The Kier molecular flexibility index (Phi) is 6.21. The summed E-state index contributed by atoms with van der Waals surface area (Å²) in [6.45, 7) is 0.811. The van der Waals surface area contributed by atoms with Crippen molar-refractivity contribution in [3.8, 4) is 0 Å². The molecule has 2 aromatic carbocycles. The Labute approximate surface area is 162 Å². The average Bonchev–Trinajstić information content (AvgIpc) is 2.67. The van der Waals surface area contributed by atoms with Gasteiger partial charge in [0.15, 0.2) is 0 Å². The quantitative estimate of drug-likeness (QED) is 0.777. The molecule has 1 aliphatic rings. The molecule has 0 unspecified atom stereocenters. The molecule has 5 nitrogen and oxygen atoms in total. The minimum atomic E-state index is -3.73. The van der Waals surface area contributed by atoms with Gasteiger partial charge in [0.1, 0.15) is 11.6 Å². The van der Waals surface area contributed by atoms with E-state index in [0.717, 1.165) is 12.1 Å². The molecule has 0 spiro atoms. The van der Waals surface area contributed by atoms with Gasteiger partial charge in [-0.3, -0.25) is 4.79 Å². The second-order valence-electron chi connectivity index (χ2n) is 6.56. The van der Waals surface area contributed by atoms with E-state index in [1.807, 2.05) is 0 Å². The highest BCUT2D eigenvalue weighted by molar-refractivity contribution is 7.89. The average molecular weight is 406 g/mol. The molecule has 1 amide bonds. The number of rotatable bonds is 5. The molecular formula is C20H20F2N2O3S. The summed E-state index contributed by atoms with van der Waals surface area (Å²) in [5, 5.41) is 0. The van der Waals surface area contributed by atoms with E-state index in [1.165, 1.54) is 30.3 Å². The molecule has 0 atom stereocenters. The Balaban J connectivity index is 1.54. The van der Waals surface area contributed by atoms with Gasteiger partial charge in [-0.2, -0.15) is 0 Å². The van der Waals surface area contributed by atoms with Gasteiger partial charge in [0.05, 0.1) is 4.90 Å². The Bertz CT molecular complexity index is 967. The molecule has 1 fully saturated rings. The minimum Gasteiger partial charge on any atom is -0.339 e. The smallest absolute Gasteiger partial charge is 0.246 e. The van der Waals surface area contributed by atoms with Crippen LogP contribution in [0.15, 0.2) is 59.5 Å². The lowest BCUT2D eigenvalue weighted by atomic mass is 10.1. The van der Waals surface area contributed by atoms with Crippen molar-refractivity contribution >= 4 is 22.0 Å². The molecule has 1 aliphatic heterocycles. The van der Waals surface area contributed by atoms with Crippen LogP contribution in [-0.2, 0) is 14.8 Å². The fourth-order valence-corrected chi connectivity index (χ4v) is 4.31. The van der Waals surface area contributed by atoms with Crippen molar-refractivity contribution in [1.29, 1.82) is 0 Å². The van der Waals surface area contributed by atoms with Crippen molar-refractivity contribution < 1.29 is 22.0 Å². The van der Waals surface area contributed by atoms with Crippen LogP contribution >= 0.6 is 0 Å². The van der Waals surface area contributed by atoms with Crippen LogP contribution in [0.5, 0.6) is 0 Å². The first-order chi connectivity index (χ1) is 13.3. The number of piperidine rings is 1. The summed E-state index contributed by atoms with van der Waals surface area (Å²) in [6.07, 6.45) is 3.88. The molecule has 1 heterocycles. The Morgan fingerprint density at radius 2 is 1.71 bits per heavy atom. The number of hydrogen-bond acceptors (Lipinski definition) is 3. The molecule has 3 rings (SSSR count). The maximum absolute atomic E-state index is 13.2. The van der Waals surface area contributed by atoms with Crippen molar-refractivity contribution in [2.24, 2.45) is 0 Å². The number of carbonyl (C=O) groups excluding carboxylic acids is 1. The summed E-state index contributed by atoms with van der Waals surface area (Å²) in [6, 6.07) is 10.3. The summed E-state index contributed by atoms with van der Waals surface area (Å²) in [4.78, 5) is 13.9. The third-order valence-electron chi connectivity index (χ3n) is 4.52. The number of nitrogens with zero attached hydrogens (tertiary/aromatic N) is 1. The number of benzene rings is 2. The van der Waals surface area contributed by atoms with Gasteiger partial charge in [0.25, 0.3) is 0 Å². The first-order valence-corrected chi connectivity index (χ1v) is 10.3. The van der Waals surface area contributed by atoms with Gasteiger partial charge in [-0.25, -0.2) is 21.9 Å². The van der Waals surface area contributed by atoms with E-state index < -0.39 is 15.8 Å². The molecule has 1 saturated heterocycles. The number of hydrogen-bond donors (Lipinski definition) is 1. The lowest BCUT2D eigenvalue weighted by Gasteiger charge is -2.31. The van der Waals surface area contributed by atoms with E-state index in [2.05, 4.69) is 4.72 Å². The molecule has 0 saturated carbocycles. The fourth-order valence-electron chi connectivity index (χ4n) is 3.00. The number of amides is 1. The van der Waals surface area contributed by atoms with Gasteiger partial charge < -0.3 is 4.90 Å². The number of sulfonamides is 1. The summed E-state index contributed by atoms with van der Waals surface area (Å²) < 4.78 is 53.5. The highest BCUT2D eigenvalue weighted by Crippen LogP contribution is 2.16. The molecule has 0 aromatic heterocycles. The van der Waals surface area contributed by atoms with Crippen LogP contribution in [0.25, 0.3) is 6.08 Å². The van der Waals surface area contributed by atoms with Crippen LogP contribution in [0.3, 0.4) is 0 Å². The molecule has 2 aromatic rings. The van der Waals surface area contributed by atoms with Gasteiger partial charge in [-0.15, -0.1) is 0 Å². The van der Waals surface area contributed by atoms with E-state index in [9.17, 15) is 22.0 Å². The van der Waals surface area contributed by atoms with Gasteiger partial charge in [0, 0.05) is 25.2 Å². The third-order valence-corrected chi connectivity index (χ3v) is 6.06. The van der Waals surface area contributed by atoms with Crippen molar-refractivity contribution in [3.05, 3.63) is 71.8 Å². The van der Waals surface area contributed by atoms with E-state index in [-0.39, 0.29) is 22.7 Å². The molecule has 28 heavy (non-hydrogen) atoms. The van der Waals surface area contributed by atoms with Crippen molar-refractivity contribution in [3.63, 3.8) is 0 Å². The highest BCUT2D eigenvalue weighted by atomic mass is 32.2. The zero-order valence-corrected chi connectivity index (χ0v) is 15.8. The van der Waals surface area contributed by atoms with Crippen molar-refractivity contribution in [2.75, 3.05) is 13.1 Å².